The number of rotatable bonds is 6. The van der Waals surface area contributed by atoms with Crippen LogP contribution >= 0.6 is 0 Å². The van der Waals surface area contributed by atoms with Crippen LogP contribution in [0.3, 0.4) is 0 Å². The second-order valence-corrected chi connectivity index (χ2v) is 8.78. The highest BCUT2D eigenvalue weighted by molar-refractivity contribution is 5.99. The molecule has 36 heavy (non-hydrogen) atoms. The van der Waals surface area contributed by atoms with Crippen LogP contribution in [0.25, 0.3) is 0 Å². The summed E-state index contributed by atoms with van der Waals surface area (Å²) in [6, 6.07) is 12.0. The van der Waals surface area contributed by atoms with E-state index in [1.807, 2.05) is 30.3 Å². The first-order chi connectivity index (χ1) is 17.4. The topological polar surface area (TPSA) is 91.3 Å². The van der Waals surface area contributed by atoms with Gasteiger partial charge in [-0.2, -0.15) is 0 Å². The number of hydrogen-bond donors (Lipinski definition) is 2. The molecule has 3 aliphatic rings. The third-order valence-electron chi connectivity index (χ3n) is 6.40. The molecule has 0 saturated carbocycles. The van der Waals surface area contributed by atoms with Crippen LogP contribution < -0.4 is 5.32 Å². The smallest absolute Gasteiger partial charge is 0.274 e. The van der Waals surface area contributed by atoms with Gasteiger partial charge in [0.25, 0.3) is 11.8 Å². The van der Waals surface area contributed by atoms with Crippen molar-refractivity contribution in [3.63, 3.8) is 0 Å². The molecule has 0 spiro atoms. The van der Waals surface area contributed by atoms with Crippen LogP contribution in [0.4, 0.5) is 8.78 Å². The number of nitrogens with zero attached hydrogens (tertiary/aromatic N) is 2. The summed E-state index contributed by atoms with van der Waals surface area (Å²) in [5.74, 6) is -2.53. The quantitative estimate of drug-likeness (QED) is 0.633. The van der Waals surface area contributed by atoms with Gasteiger partial charge >= 0.3 is 0 Å². The van der Waals surface area contributed by atoms with Gasteiger partial charge < -0.3 is 29.7 Å². The molecule has 2 atom stereocenters. The molecule has 8 nitrogen and oxygen atoms in total. The lowest BCUT2D eigenvalue weighted by Gasteiger charge is -2.43. The lowest BCUT2D eigenvalue weighted by atomic mass is 9.98. The van der Waals surface area contributed by atoms with Gasteiger partial charge in [-0.1, -0.05) is 36.4 Å². The zero-order valence-electron chi connectivity index (χ0n) is 19.3. The van der Waals surface area contributed by atoms with Gasteiger partial charge in [0.1, 0.15) is 30.0 Å². The Hall–Kier alpha value is -3.76. The second-order valence-electron chi connectivity index (χ2n) is 8.78. The molecule has 2 aromatic rings. The van der Waals surface area contributed by atoms with Crippen LogP contribution in [0.15, 0.2) is 71.8 Å². The maximum atomic E-state index is 14.0. The molecule has 0 aliphatic carbocycles. The number of nitrogens with one attached hydrogen (secondary N) is 1. The SMILES string of the molecule is O=C(NCc1ccc(F)cc1F)C1=CN2C(=C(OCc3ccccc3)C1O)C(=O)N1CCOCC2C1. The summed E-state index contributed by atoms with van der Waals surface area (Å²) in [5.41, 5.74) is 1.02. The minimum Gasteiger partial charge on any atom is -0.488 e. The van der Waals surface area contributed by atoms with Gasteiger partial charge in [-0.3, -0.25) is 9.59 Å². The third kappa shape index (κ3) is 4.69. The second kappa shape index (κ2) is 10.1. The first kappa shape index (κ1) is 24.0. The van der Waals surface area contributed by atoms with E-state index >= 15 is 0 Å². The molecule has 10 heteroatoms. The van der Waals surface area contributed by atoms with Crippen molar-refractivity contribution in [2.75, 3.05) is 26.3 Å². The molecule has 2 saturated heterocycles. The van der Waals surface area contributed by atoms with Crippen molar-refractivity contribution in [1.29, 1.82) is 0 Å². The van der Waals surface area contributed by atoms with Crippen LogP contribution in [-0.4, -0.2) is 65.2 Å². The predicted octanol–water partition coefficient (Wildman–Crippen LogP) is 1.81. The fourth-order valence-corrected chi connectivity index (χ4v) is 4.49. The van der Waals surface area contributed by atoms with E-state index in [0.29, 0.717) is 26.3 Å². The summed E-state index contributed by atoms with van der Waals surface area (Å²) in [6.45, 7) is 1.37. The van der Waals surface area contributed by atoms with Gasteiger partial charge in [-0.05, 0) is 11.6 Å². The number of amides is 2. The van der Waals surface area contributed by atoms with E-state index < -0.39 is 23.6 Å². The Balaban J connectivity index is 1.44. The van der Waals surface area contributed by atoms with E-state index in [-0.39, 0.29) is 47.7 Å². The summed E-state index contributed by atoms with van der Waals surface area (Å²) < 4.78 is 38.9. The number of carbonyl (C=O) groups is 2. The standard InChI is InChI=1S/C26H25F2N3O5/c27-18-7-6-17(21(28)10-18)11-29-25(33)20-13-31-19-12-30(8-9-35-15-19)26(34)22(31)24(23(20)32)36-14-16-4-2-1-3-5-16/h1-7,10,13,19,23,32H,8-9,11-12,14-15H2,(H,29,33). The minimum absolute atomic E-state index is 0.0268. The highest BCUT2D eigenvalue weighted by atomic mass is 19.1. The maximum Gasteiger partial charge on any atom is 0.274 e. The van der Waals surface area contributed by atoms with Crippen LogP contribution in [0.2, 0.25) is 0 Å². The van der Waals surface area contributed by atoms with E-state index in [4.69, 9.17) is 9.47 Å². The number of carbonyl (C=O) groups excluding carboxylic acids is 2. The molecule has 2 bridgehead atoms. The highest BCUT2D eigenvalue weighted by Crippen LogP contribution is 2.34. The summed E-state index contributed by atoms with van der Waals surface area (Å²) in [4.78, 5) is 29.7. The van der Waals surface area contributed by atoms with Gasteiger partial charge in [0, 0.05) is 37.5 Å². The number of hydrogen-bond acceptors (Lipinski definition) is 6. The van der Waals surface area contributed by atoms with Crippen LogP contribution in [0.5, 0.6) is 0 Å². The number of ether oxygens (including phenoxy) is 2. The van der Waals surface area contributed by atoms with E-state index in [9.17, 15) is 23.5 Å². The summed E-state index contributed by atoms with van der Waals surface area (Å²) in [5, 5.41) is 13.8. The molecule has 2 amide bonds. The maximum absolute atomic E-state index is 14.0. The summed E-state index contributed by atoms with van der Waals surface area (Å²) in [7, 11) is 0. The zero-order chi connectivity index (χ0) is 25.2. The van der Waals surface area contributed by atoms with Crippen molar-refractivity contribution in [2.24, 2.45) is 0 Å². The van der Waals surface area contributed by atoms with Gasteiger partial charge in [-0.25, -0.2) is 8.78 Å². The van der Waals surface area contributed by atoms with Crippen molar-refractivity contribution in [2.45, 2.75) is 25.3 Å². The number of piperazine rings is 1. The molecule has 2 N–H and O–H groups in total. The van der Waals surface area contributed by atoms with E-state index in [1.54, 1.807) is 9.80 Å². The fraction of sp³-hybridized carbons (Fsp3) is 0.308. The number of fused-ring (bicyclic) bond motifs is 4. The monoisotopic (exact) mass is 497 g/mol. The molecule has 3 aliphatic heterocycles. The van der Waals surface area contributed by atoms with Crippen molar-refractivity contribution in [1.82, 2.24) is 15.1 Å². The van der Waals surface area contributed by atoms with E-state index in [1.165, 1.54) is 12.3 Å². The molecular weight excluding hydrogens is 472 g/mol. The predicted molar refractivity (Wildman–Crippen MR) is 124 cm³/mol. The molecular formula is C26H25F2N3O5. The third-order valence-corrected chi connectivity index (χ3v) is 6.40. The molecule has 3 heterocycles. The first-order valence-corrected chi connectivity index (χ1v) is 11.6. The highest BCUT2D eigenvalue weighted by Gasteiger charge is 2.45. The number of aliphatic hydroxyl groups is 1. The Morgan fingerprint density at radius 3 is 2.78 bits per heavy atom. The van der Waals surface area contributed by atoms with E-state index in [0.717, 1.165) is 17.7 Å². The fourth-order valence-electron chi connectivity index (χ4n) is 4.49. The molecule has 5 rings (SSSR count). The average Bonchev–Trinajstić information content (AvgIpc) is 3.10. The Kier molecular flexibility index (Phi) is 6.71. The van der Waals surface area contributed by atoms with Crippen LogP contribution in [0, 0.1) is 11.6 Å². The summed E-state index contributed by atoms with van der Waals surface area (Å²) in [6.07, 6.45) is -0.0930. The molecule has 2 unspecified atom stereocenters. The normalized spacial score (nSPS) is 21.5. The van der Waals surface area contributed by atoms with Gasteiger partial charge in [0.2, 0.25) is 0 Å². The lowest BCUT2D eigenvalue weighted by Crippen LogP contribution is -2.56. The largest absolute Gasteiger partial charge is 0.488 e. The van der Waals surface area contributed by atoms with Gasteiger partial charge in [0.15, 0.2) is 5.76 Å². The Morgan fingerprint density at radius 2 is 2.00 bits per heavy atom. The van der Waals surface area contributed by atoms with E-state index in [2.05, 4.69) is 5.32 Å². The number of aliphatic hydroxyl groups excluding tert-OH is 1. The first-order valence-electron chi connectivity index (χ1n) is 11.6. The van der Waals surface area contributed by atoms with Crippen LogP contribution in [-0.2, 0) is 32.2 Å². The molecule has 0 aromatic heterocycles. The number of benzene rings is 2. The summed E-state index contributed by atoms with van der Waals surface area (Å²) >= 11 is 0. The van der Waals surface area contributed by atoms with Crippen molar-refractivity contribution >= 4 is 11.8 Å². The Labute approximate surface area is 206 Å². The zero-order valence-corrected chi connectivity index (χ0v) is 19.3. The average molecular weight is 497 g/mol. The Morgan fingerprint density at radius 1 is 1.19 bits per heavy atom. The molecule has 2 aromatic carbocycles. The molecule has 0 radical (unpaired) electrons. The minimum atomic E-state index is -1.52. The van der Waals surface area contributed by atoms with Gasteiger partial charge in [0.05, 0.1) is 24.8 Å². The van der Waals surface area contributed by atoms with Crippen molar-refractivity contribution in [3.8, 4) is 0 Å². The molecule has 188 valence electrons. The lowest BCUT2D eigenvalue weighted by molar-refractivity contribution is -0.133. The number of halogens is 2. The molecule has 2 fully saturated rings. The van der Waals surface area contributed by atoms with Crippen molar-refractivity contribution in [3.05, 3.63) is 94.5 Å². The van der Waals surface area contributed by atoms with Gasteiger partial charge in [-0.15, -0.1) is 0 Å². The van der Waals surface area contributed by atoms with Crippen LogP contribution in [0.1, 0.15) is 11.1 Å². The Bertz CT molecular complexity index is 1230. The van der Waals surface area contributed by atoms with Crippen molar-refractivity contribution < 1.29 is 33.0 Å².